The van der Waals surface area contributed by atoms with E-state index in [4.69, 9.17) is 0 Å². The fraction of sp³-hybridized carbons (Fsp3) is 0.116. The third-order valence-electron chi connectivity index (χ3n) is 10.2. The largest absolute Gasteiger partial charge is 0.309 e. The molecule has 2 aliphatic rings. The number of hydrogen-bond acceptors (Lipinski definition) is 0. The topological polar surface area (TPSA) is 4.93 Å². The van der Waals surface area contributed by atoms with Crippen LogP contribution in [-0.2, 0) is 5.41 Å². The highest BCUT2D eigenvalue weighted by Crippen LogP contribution is 2.48. The van der Waals surface area contributed by atoms with Gasteiger partial charge >= 0.3 is 0 Å². The molecule has 0 fully saturated rings. The van der Waals surface area contributed by atoms with Crippen LogP contribution in [0.5, 0.6) is 0 Å². The van der Waals surface area contributed by atoms with Crippen molar-refractivity contribution in [2.75, 3.05) is 0 Å². The molecule has 0 radical (unpaired) electrons. The Bertz CT molecular complexity index is 2280. The summed E-state index contributed by atoms with van der Waals surface area (Å²) < 4.78 is 2.50. The van der Waals surface area contributed by atoms with Gasteiger partial charge in [-0.05, 0) is 74.7 Å². The number of benzene rings is 6. The van der Waals surface area contributed by atoms with E-state index in [0.717, 1.165) is 6.42 Å². The Morgan fingerprint density at radius 1 is 0.591 bits per heavy atom. The zero-order valence-electron chi connectivity index (χ0n) is 25.1. The molecule has 6 aromatic carbocycles. The molecule has 210 valence electrons. The van der Waals surface area contributed by atoms with E-state index in [1.165, 1.54) is 77.6 Å². The van der Waals surface area contributed by atoms with Gasteiger partial charge in [0.15, 0.2) is 0 Å². The van der Waals surface area contributed by atoms with E-state index < -0.39 is 0 Å². The van der Waals surface area contributed by atoms with E-state index >= 15 is 0 Å². The minimum Gasteiger partial charge on any atom is -0.309 e. The highest BCUT2D eigenvalue weighted by molar-refractivity contribution is 6.12. The Hall–Kier alpha value is -5.14. The van der Waals surface area contributed by atoms with Gasteiger partial charge in [-0.1, -0.05) is 141 Å². The molecular formula is C43H33N. The maximum atomic E-state index is 2.50. The van der Waals surface area contributed by atoms with Crippen LogP contribution in [0.4, 0.5) is 0 Å². The summed E-state index contributed by atoms with van der Waals surface area (Å²) in [5, 5.41) is 2.65. The molecule has 9 rings (SSSR count). The van der Waals surface area contributed by atoms with Crippen LogP contribution in [0.25, 0.3) is 44.2 Å². The van der Waals surface area contributed by atoms with Gasteiger partial charge in [-0.25, -0.2) is 0 Å². The van der Waals surface area contributed by atoms with E-state index in [2.05, 4.69) is 164 Å². The molecule has 1 unspecified atom stereocenters. The van der Waals surface area contributed by atoms with Crippen molar-refractivity contribution in [1.82, 2.24) is 4.57 Å². The van der Waals surface area contributed by atoms with Crippen LogP contribution in [-0.4, -0.2) is 4.57 Å². The predicted octanol–water partition coefficient (Wildman–Crippen LogP) is 11.1. The van der Waals surface area contributed by atoms with Crippen molar-refractivity contribution < 1.29 is 0 Å². The lowest BCUT2D eigenvalue weighted by Crippen LogP contribution is -2.26. The molecule has 7 aromatic rings. The van der Waals surface area contributed by atoms with E-state index in [-0.39, 0.29) is 5.41 Å². The number of para-hydroxylation sites is 2. The molecule has 2 heterocycles. The van der Waals surface area contributed by atoms with Gasteiger partial charge in [-0.15, -0.1) is 0 Å². The Morgan fingerprint density at radius 2 is 1.32 bits per heavy atom. The summed E-state index contributed by atoms with van der Waals surface area (Å²) in [6.45, 7) is 4.72. The minimum atomic E-state index is -0.0528. The summed E-state index contributed by atoms with van der Waals surface area (Å²) in [5.41, 5.74) is 15.9. The summed E-state index contributed by atoms with van der Waals surface area (Å²) in [7, 11) is 0. The van der Waals surface area contributed by atoms with Gasteiger partial charge < -0.3 is 4.57 Å². The fourth-order valence-corrected chi connectivity index (χ4v) is 8.01. The van der Waals surface area contributed by atoms with Crippen LogP contribution in [0.3, 0.4) is 0 Å². The van der Waals surface area contributed by atoms with Gasteiger partial charge in [0.25, 0.3) is 0 Å². The Kier molecular flexibility index (Phi) is 5.44. The maximum absolute atomic E-state index is 2.50. The van der Waals surface area contributed by atoms with E-state index in [1.807, 2.05) is 0 Å². The second kappa shape index (κ2) is 9.43. The number of hydrogen-bond donors (Lipinski definition) is 0. The molecule has 44 heavy (non-hydrogen) atoms. The zero-order chi connectivity index (χ0) is 29.4. The molecule has 1 atom stereocenters. The van der Waals surface area contributed by atoms with Gasteiger partial charge in [0, 0.05) is 22.1 Å². The molecule has 0 saturated heterocycles. The average Bonchev–Trinajstić information content (AvgIpc) is 3.41. The van der Waals surface area contributed by atoms with E-state index in [1.54, 1.807) is 0 Å². The second-order valence-corrected chi connectivity index (χ2v) is 12.9. The number of nitrogens with zero attached hydrogens (tertiary/aromatic N) is 1. The highest BCUT2D eigenvalue weighted by atomic mass is 15.0. The monoisotopic (exact) mass is 563 g/mol. The molecule has 1 aliphatic carbocycles. The van der Waals surface area contributed by atoms with E-state index in [0.29, 0.717) is 5.92 Å². The summed E-state index contributed by atoms with van der Waals surface area (Å²) in [6, 6.07) is 51.8. The van der Waals surface area contributed by atoms with Crippen molar-refractivity contribution in [1.29, 1.82) is 0 Å². The molecule has 1 nitrogen and oxygen atoms in total. The number of aromatic nitrogens is 1. The Balaban J connectivity index is 1.17. The molecule has 1 aromatic heterocycles. The normalized spacial score (nSPS) is 16.4. The predicted molar refractivity (Wildman–Crippen MR) is 185 cm³/mol. The summed E-state index contributed by atoms with van der Waals surface area (Å²) in [5.74, 6) is 0.333. The van der Waals surface area contributed by atoms with E-state index in [9.17, 15) is 0 Å². The standard InChI is InChI=1S/C43H33N/c1-43(2)38-19-8-9-21-41(38)44-40-25-22-30(27-37(40)36-18-11-20-39(43)42(36)44)29-14-10-15-31(26-29)33-24-23-32(28-12-4-3-5-13-28)34-16-6-7-17-35(33)34/h3-23,25-27,33H,24H2,1-2H3. The van der Waals surface area contributed by atoms with Crippen LogP contribution < -0.4 is 0 Å². The van der Waals surface area contributed by atoms with Crippen LogP contribution in [0.2, 0.25) is 0 Å². The van der Waals surface area contributed by atoms with Crippen molar-refractivity contribution in [2.45, 2.75) is 31.6 Å². The quantitative estimate of drug-likeness (QED) is 0.201. The van der Waals surface area contributed by atoms with Crippen LogP contribution in [0.15, 0.2) is 146 Å². The number of allylic oxidation sites excluding steroid dienone is 1. The molecule has 0 bridgehead atoms. The zero-order valence-corrected chi connectivity index (χ0v) is 25.1. The number of fused-ring (bicyclic) bond motifs is 6. The molecular weight excluding hydrogens is 530 g/mol. The summed E-state index contributed by atoms with van der Waals surface area (Å²) in [6.07, 6.45) is 3.43. The van der Waals surface area contributed by atoms with Gasteiger partial charge in [0.05, 0.1) is 16.7 Å². The highest BCUT2D eigenvalue weighted by Gasteiger charge is 2.34. The SMILES string of the molecule is CC1(C)c2ccccc2-n2c3ccc(-c4cccc(C5CC=C(c6ccccc6)c6ccccc65)c4)cc3c3cccc1c32. The first kappa shape index (κ1) is 25.4. The molecule has 0 saturated carbocycles. The first-order valence-electron chi connectivity index (χ1n) is 15.7. The van der Waals surface area contributed by atoms with Crippen LogP contribution >= 0.6 is 0 Å². The van der Waals surface area contributed by atoms with Crippen molar-refractivity contribution >= 4 is 27.4 Å². The first-order chi connectivity index (χ1) is 21.6. The van der Waals surface area contributed by atoms with Crippen LogP contribution in [0.1, 0.15) is 59.6 Å². The minimum absolute atomic E-state index is 0.0528. The van der Waals surface area contributed by atoms with Crippen molar-refractivity contribution in [2.24, 2.45) is 0 Å². The van der Waals surface area contributed by atoms with Gasteiger partial charge in [0.1, 0.15) is 0 Å². The fourth-order valence-electron chi connectivity index (χ4n) is 8.01. The molecule has 1 heteroatoms. The first-order valence-corrected chi connectivity index (χ1v) is 15.7. The van der Waals surface area contributed by atoms with Crippen LogP contribution in [0, 0.1) is 0 Å². The summed E-state index contributed by atoms with van der Waals surface area (Å²) in [4.78, 5) is 0. The lowest BCUT2D eigenvalue weighted by Gasteiger charge is -2.34. The lowest BCUT2D eigenvalue weighted by atomic mass is 9.75. The molecule has 1 aliphatic heterocycles. The average molecular weight is 564 g/mol. The third-order valence-corrected chi connectivity index (χ3v) is 10.2. The molecule has 0 spiro atoms. The van der Waals surface area contributed by atoms with Crippen molar-refractivity contribution in [3.8, 4) is 16.8 Å². The third kappa shape index (κ3) is 3.59. The molecule has 0 amide bonds. The van der Waals surface area contributed by atoms with Gasteiger partial charge in [-0.3, -0.25) is 0 Å². The Labute approximate surface area is 258 Å². The van der Waals surface area contributed by atoms with Crippen molar-refractivity contribution in [3.63, 3.8) is 0 Å². The maximum Gasteiger partial charge on any atom is 0.0582 e. The smallest absolute Gasteiger partial charge is 0.0582 e. The number of rotatable bonds is 3. The second-order valence-electron chi connectivity index (χ2n) is 12.9. The lowest BCUT2D eigenvalue weighted by molar-refractivity contribution is 0.630. The Morgan fingerprint density at radius 3 is 2.23 bits per heavy atom. The van der Waals surface area contributed by atoms with Gasteiger partial charge in [-0.2, -0.15) is 0 Å². The van der Waals surface area contributed by atoms with Crippen molar-refractivity contribution in [3.05, 3.63) is 179 Å². The summed E-state index contributed by atoms with van der Waals surface area (Å²) >= 11 is 0. The molecule has 0 N–H and O–H groups in total. The van der Waals surface area contributed by atoms with Gasteiger partial charge in [0.2, 0.25) is 0 Å².